The molecule has 2 aromatic heterocycles. The third-order valence-electron chi connectivity index (χ3n) is 8.78. The molecule has 0 saturated heterocycles. The molecule has 0 amide bonds. The highest BCUT2D eigenvalue weighted by Crippen LogP contribution is 2.40. The molecule has 0 unspecified atom stereocenters. The Morgan fingerprint density at radius 3 is 1.80 bits per heavy atom. The lowest BCUT2D eigenvalue weighted by Gasteiger charge is -2.25. The molecule has 9 rings (SSSR count). The van der Waals surface area contributed by atoms with E-state index in [0.29, 0.717) is 0 Å². The van der Waals surface area contributed by atoms with Gasteiger partial charge in [0.1, 0.15) is 11.2 Å². The first-order valence-electron chi connectivity index (χ1n) is 15.3. The van der Waals surface area contributed by atoms with Crippen LogP contribution in [0.3, 0.4) is 0 Å². The van der Waals surface area contributed by atoms with Crippen molar-refractivity contribution in [2.24, 2.45) is 0 Å². The van der Waals surface area contributed by atoms with Crippen molar-refractivity contribution in [2.75, 3.05) is 4.90 Å². The van der Waals surface area contributed by atoms with Crippen LogP contribution in [0.5, 0.6) is 0 Å². The van der Waals surface area contributed by atoms with Gasteiger partial charge in [0.2, 0.25) is 0 Å². The molecule has 0 atom stereocenters. The average Bonchev–Trinajstić information content (AvgIpc) is 3.65. The van der Waals surface area contributed by atoms with Gasteiger partial charge in [0, 0.05) is 44.3 Å². The third kappa shape index (κ3) is 4.21. The van der Waals surface area contributed by atoms with Crippen LogP contribution < -0.4 is 4.90 Å². The highest BCUT2D eigenvalue weighted by atomic mass is 16.3. The molecule has 0 saturated carbocycles. The molecule has 3 nitrogen and oxygen atoms in total. The van der Waals surface area contributed by atoms with Crippen molar-refractivity contribution >= 4 is 60.8 Å². The molecule has 9 aromatic rings. The average molecular weight is 577 g/mol. The fraction of sp³-hybridized carbons (Fsp3) is 0. The maximum atomic E-state index is 6.13. The fourth-order valence-electron chi connectivity index (χ4n) is 6.69. The van der Waals surface area contributed by atoms with Gasteiger partial charge in [-0.15, -0.1) is 0 Å². The Morgan fingerprint density at radius 2 is 0.978 bits per heavy atom. The van der Waals surface area contributed by atoms with Gasteiger partial charge in [-0.1, -0.05) is 97.1 Å². The molecule has 0 fully saturated rings. The highest BCUT2D eigenvalue weighted by molar-refractivity contribution is 6.10. The lowest BCUT2D eigenvalue weighted by Crippen LogP contribution is -2.09. The van der Waals surface area contributed by atoms with Crippen molar-refractivity contribution in [1.29, 1.82) is 0 Å². The summed E-state index contributed by atoms with van der Waals surface area (Å²) < 4.78 is 8.50. The van der Waals surface area contributed by atoms with Gasteiger partial charge in [-0.3, -0.25) is 0 Å². The minimum absolute atomic E-state index is 0.895. The van der Waals surface area contributed by atoms with Crippen LogP contribution in [0.4, 0.5) is 17.1 Å². The molecule has 0 aliphatic heterocycles. The zero-order valence-corrected chi connectivity index (χ0v) is 24.5. The molecule has 7 aromatic carbocycles. The van der Waals surface area contributed by atoms with Gasteiger partial charge >= 0.3 is 0 Å². The van der Waals surface area contributed by atoms with E-state index in [1.54, 1.807) is 0 Å². The fourth-order valence-corrected chi connectivity index (χ4v) is 6.69. The minimum Gasteiger partial charge on any atom is -0.456 e. The predicted octanol–water partition coefficient (Wildman–Crippen LogP) is 11.8. The summed E-state index contributed by atoms with van der Waals surface area (Å²) in [5, 5.41) is 4.76. The first kappa shape index (κ1) is 25.4. The van der Waals surface area contributed by atoms with Crippen LogP contribution in [0.1, 0.15) is 0 Å². The molecule has 0 bridgehead atoms. The Morgan fingerprint density at radius 1 is 0.378 bits per heavy atom. The summed E-state index contributed by atoms with van der Waals surface area (Å²) in [5.41, 5.74) is 11.0. The summed E-state index contributed by atoms with van der Waals surface area (Å²) in [6.45, 7) is 0. The number of hydrogen-bond donors (Lipinski definition) is 0. The molecule has 0 radical (unpaired) electrons. The van der Waals surface area contributed by atoms with E-state index in [-0.39, 0.29) is 0 Å². The number of hydrogen-bond acceptors (Lipinski definition) is 2. The molecule has 0 aliphatic rings. The summed E-state index contributed by atoms with van der Waals surface area (Å²) in [6.07, 6.45) is 0. The second-order valence-electron chi connectivity index (χ2n) is 11.4. The smallest absolute Gasteiger partial charge is 0.135 e. The molecule has 0 aliphatic carbocycles. The topological polar surface area (TPSA) is 21.3 Å². The Labute approximate surface area is 260 Å². The second kappa shape index (κ2) is 10.3. The molecular weight excluding hydrogens is 548 g/mol. The highest BCUT2D eigenvalue weighted by Gasteiger charge is 2.16. The van der Waals surface area contributed by atoms with Crippen molar-refractivity contribution in [3.05, 3.63) is 170 Å². The molecule has 45 heavy (non-hydrogen) atoms. The predicted molar refractivity (Wildman–Crippen MR) is 188 cm³/mol. The first-order valence-corrected chi connectivity index (χ1v) is 15.3. The van der Waals surface area contributed by atoms with Gasteiger partial charge in [0.15, 0.2) is 0 Å². The standard InChI is InChI=1S/C42H28N2O/c1-3-11-31(12-4-1)43(34-24-26-42-38(28-34)37-16-8-10-18-41(37)45-42)33-22-19-29(20-23-33)30-21-25-36-35-15-7-9-17-39(35)44(40(36)27-30)32-13-5-2-6-14-32/h1-28H. The Balaban J connectivity index is 1.16. The largest absolute Gasteiger partial charge is 0.456 e. The van der Waals surface area contributed by atoms with Crippen LogP contribution in [-0.2, 0) is 0 Å². The SMILES string of the molecule is c1ccc(N(c2ccc(-c3ccc4c5ccccc5n(-c5ccccc5)c4c3)cc2)c2ccc3oc4ccccc4c3c2)cc1. The van der Waals surface area contributed by atoms with Crippen molar-refractivity contribution in [3.63, 3.8) is 0 Å². The monoisotopic (exact) mass is 576 g/mol. The van der Waals surface area contributed by atoms with E-state index in [2.05, 4.69) is 167 Å². The number of aromatic nitrogens is 1. The Kier molecular flexibility index (Phi) is 5.82. The van der Waals surface area contributed by atoms with E-state index < -0.39 is 0 Å². The molecule has 212 valence electrons. The number of fused-ring (bicyclic) bond motifs is 6. The summed E-state index contributed by atoms with van der Waals surface area (Å²) in [7, 11) is 0. The number of benzene rings is 7. The summed E-state index contributed by atoms with van der Waals surface area (Å²) in [6, 6.07) is 60.2. The number of furan rings is 1. The van der Waals surface area contributed by atoms with Gasteiger partial charge in [0.25, 0.3) is 0 Å². The molecule has 2 heterocycles. The zero-order valence-electron chi connectivity index (χ0n) is 24.5. The lowest BCUT2D eigenvalue weighted by molar-refractivity contribution is 0.669. The number of anilines is 3. The Bertz CT molecular complexity index is 2470. The van der Waals surface area contributed by atoms with Crippen molar-refractivity contribution in [3.8, 4) is 16.8 Å². The number of rotatable bonds is 5. The van der Waals surface area contributed by atoms with E-state index in [1.165, 1.54) is 32.9 Å². The summed E-state index contributed by atoms with van der Waals surface area (Å²) in [5.74, 6) is 0. The zero-order chi connectivity index (χ0) is 29.7. The summed E-state index contributed by atoms with van der Waals surface area (Å²) >= 11 is 0. The van der Waals surface area contributed by atoms with Crippen LogP contribution in [0, 0.1) is 0 Å². The number of para-hydroxylation sites is 4. The lowest BCUT2D eigenvalue weighted by atomic mass is 10.0. The van der Waals surface area contributed by atoms with Gasteiger partial charge < -0.3 is 13.9 Å². The van der Waals surface area contributed by atoms with Crippen LogP contribution in [0.25, 0.3) is 60.6 Å². The second-order valence-corrected chi connectivity index (χ2v) is 11.4. The normalized spacial score (nSPS) is 11.6. The van der Waals surface area contributed by atoms with E-state index in [1.807, 2.05) is 12.1 Å². The van der Waals surface area contributed by atoms with Crippen molar-refractivity contribution < 1.29 is 4.42 Å². The quantitative estimate of drug-likeness (QED) is 0.203. The van der Waals surface area contributed by atoms with E-state index in [4.69, 9.17) is 4.42 Å². The minimum atomic E-state index is 0.895. The summed E-state index contributed by atoms with van der Waals surface area (Å²) in [4.78, 5) is 2.31. The van der Waals surface area contributed by atoms with Crippen LogP contribution in [0.2, 0.25) is 0 Å². The van der Waals surface area contributed by atoms with Crippen LogP contribution in [0.15, 0.2) is 174 Å². The van der Waals surface area contributed by atoms with Crippen LogP contribution in [-0.4, -0.2) is 4.57 Å². The molecular formula is C42H28N2O. The third-order valence-corrected chi connectivity index (χ3v) is 8.78. The van der Waals surface area contributed by atoms with Gasteiger partial charge in [-0.2, -0.15) is 0 Å². The number of nitrogens with zero attached hydrogens (tertiary/aromatic N) is 2. The van der Waals surface area contributed by atoms with Gasteiger partial charge in [-0.25, -0.2) is 0 Å². The maximum absolute atomic E-state index is 6.13. The van der Waals surface area contributed by atoms with Crippen molar-refractivity contribution in [2.45, 2.75) is 0 Å². The van der Waals surface area contributed by atoms with E-state index in [0.717, 1.165) is 44.7 Å². The maximum Gasteiger partial charge on any atom is 0.135 e. The first-order chi connectivity index (χ1) is 22.3. The van der Waals surface area contributed by atoms with Gasteiger partial charge in [-0.05, 0) is 83.9 Å². The molecule has 0 spiro atoms. The van der Waals surface area contributed by atoms with Gasteiger partial charge in [0.05, 0.1) is 11.0 Å². The molecule has 0 N–H and O–H groups in total. The van der Waals surface area contributed by atoms with Crippen molar-refractivity contribution in [1.82, 2.24) is 4.57 Å². The molecule has 3 heteroatoms. The Hall–Kier alpha value is -6.06. The van der Waals surface area contributed by atoms with E-state index in [9.17, 15) is 0 Å². The van der Waals surface area contributed by atoms with Crippen LogP contribution >= 0.6 is 0 Å². The van der Waals surface area contributed by atoms with E-state index >= 15 is 0 Å².